The minimum absolute atomic E-state index is 0.00102. The lowest BCUT2D eigenvalue weighted by molar-refractivity contribution is 0.543. The smallest absolute Gasteiger partial charge is 0.274 e. The normalized spacial score (nSPS) is 11.3. The Bertz CT molecular complexity index is 1240. The zero-order chi connectivity index (χ0) is 24.5. The summed E-state index contributed by atoms with van der Waals surface area (Å²) in [4.78, 5) is 13.1. The van der Waals surface area contributed by atoms with E-state index in [-0.39, 0.29) is 5.69 Å². The third-order valence-electron chi connectivity index (χ3n) is 6.32. The molecule has 0 saturated carbocycles. The number of aryl methyl sites for hydroxylation is 2. The summed E-state index contributed by atoms with van der Waals surface area (Å²) in [6, 6.07) is 16.5. The lowest BCUT2D eigenvalue weighted by Crippen LogP contribution is -2.26. The van der Waals surface area contributed by atoms with Crippen molar-refractivity contribution in [2.75, 3.05) is 0 Å². The number of nitrogens with zero attached hydrogens (tertiary/aromatic N) is 6. The van der Waals surface area contributed by atoms with Crippen molar-refractivity contribution < 1.29 is 0 Å². The van der Waals surface area contributed by atoms with E-state index >= 15 is 0 Å². The molecule has 1 N–H and O–H groups in total. The first kappa shape index (κ1) is 24.6. The van der Waals surface area contributed by atoms with Gasteiger partial charge in [0.2, 0.25) is 5.82 Å². The van der Waals surface area contributed by atoms with Gasteiger partial charge in [-0.05, 0) is 40.8 Å². The number of hydrogen-bond acceptors (Lipinski definition) is 5. The summed E-state index contributed by atoms with van der Waals surface area (Å²) in [5.74, 6) is 1.48. The second-order valence-electron chi connectivity index (χ2n) is 9.04. The van der Waals surface area contributed by atoms with Crippen LogP contribution in [0.4, 0.5) is 0 Å². The SMILES string of the molecule is CCCCCCCc1nn(CCCC)c(=O)n1Cc1ccc(-c2cccc(-c3nn[nH]n3)c2)cc1. The number of tetrazole rings is 1. The van der Waals surface area contributed by atoms with Gasteiger partial charge in [-0.3, -0.25) is 4.57 Å². The summed E-state index contributed by atoms with van der Waals surface area (Å²) >= 11 is 0. The van der Waals surface area contributed by atoms with Crippen molar-refractivity contribution in [3.8, 4) is 22.5 Å². The molecule has 0 radical (unpaired) electrons. The molecule has 0 unspecified atom stereocenters. The Kier molecular flexibility index (Phi) is 8.59. The summed E-state index contributed by atoms with van der Waals surface area (Å²) < 4.78 is 3.52. The van der Waals surface area contributed by atoms with Crippen LogP contribution in [0.25, 0.3) is 22.5 Å². The molecule has 0 aliphatic heterocycles. The number of aromatic amines is 1. The molecule has 0 atom stereocenters. The Hall–Kier alpha value is -3.55. The van der Waals surface area contributed by atoms with Gasteiger partial charge in [0.25, 0.3) is 0 Å². The van der Waals surface area contributed by atoms with Gasteiger partial charge < -0.3 is 0 Å². The van der Waals surface area contributed by atoms with Crippen LogP contribution in [-0.2, 0) is 19.5 Å². The molecule has 0 fully saturated rings. The predicted molar refractivity (Wildman–Crippen MR) is 138 cm³/mol. The maximum atomic E-state index is 13.1. The number of H-pyrrole nitrogens is 1. The fourth-order valence-corrected chi connectivity index (χ4v) is 4.28. The van der Waals surface area contributed by atoms with E-state index in [1.54, 1.807) is 4.68 Å². The zero-order valence-corrected chi connectivity index (χ0v) is 20.8. The number of aromatic nitrogens is 7. The van der Waals surface area contributed by atoms with E-state index < -0.39 is 0 Å². The van der Waals surface area contributed by atoms with E-state index in [0.717, 1.165) is 53.8 Å². The van der Waals surface area contributed by atoms with Crippen LogP contribution in [0.1, 0.15) is 70.2 Å². The number of benzene rings is 2. The first-order valence-corrected chi connectivity index (χ1v) is 12.8. The van der Waals surface area contributed by atoms with Crippen molar-refractivity contribution in [3.63, 3.8) is 0 Å². The van der Waals surface area contributed by atoms with Crippen molar-refractivity contribution in [2.45, 2.75) is 78.3 Å². The Morgan fingerprint density at radius 3 is 2.37 bits per heavy atom. The van der Waals surface area contributed by atoms with E-state index in [1.165, 1.54) is 25.7 Å². The van der Waals surface area contributed by atoms with Crippen LogP contribution < -0.4 is 5.69 Å². The zero-order valence-electron chi connectivity index (χ0n) is 20.8. The van der Waals surface area contributed by atoms with Crippen LogP contribution in [-0.4, -0.2) is 35.0 Å². The second kappa shape index (κ2) is 12.2. The third-order valence-corrected chi connectivity index (χ3v) is 6.32. The molecule has 2 aromatic carbocycles. The van der Waals surface area contributed by atoms with Crippen molar-refractivity contribution in [1.29, 1.82) is 0 Å². The monoisotopic (exact) mass is 473 g/mol. The highest BCUT2D eigenvalue weighted by atomic mass is 16.2. The second-order valence-corrected chi connectivity index (χ2v) is 9.04. The molecule has 2 heterocycles. The molecular weight excluding hydrogens is 438 g/mol. The topological polar surface area (TPSA) is 94.3 Å². The van der Waals surface area contributed by atoms with Gasteiger partial charge in [-0.1, -0.05) is 88.4 Å². The molecule has 0 saturated heterocycles. The highest BCUT2D eigenvalue weighted by Gasteiger charge is 2.14. The van der Waals surface area contributed by atoms with Crippen LogP contribution in [0.3, 0.4) is 0 Å². The maximum absolute atomic E-state index is 13.1. The van der Waals surface area contributed by atoms with E-state index in [2.05, 4.69) is 70.9 Å². The molecule has 8 heteroatoms. The van der Waals surface area contributed by atoms with E-state index in [9.17, 15) is 4.79 Å². The fraction of sp³-hybridized carbons (Fsp3) is 0.444. The van der Waals surface area contributed by atoms with Gasteiger partial charge in [0.05, 0.1) is 6.54 Å². The van der Waals surface area contributed by atoms with Crippen molar-refractivity contribution >= 4 is 0 Å². The molecule has 2 aromatic heterocycles. The highest BCUT2D eigenvalue weighted by molar-refractivity contribution is 5.70. The minimum atomic E-state index is -0.00102. The van der Waals surface area contributed by atoms with E-state index in [1.807, 2.05) is 16.7 Å². The van der Waals surface area contributed by atoms with Crippen LogP contribution >= 0.6 is 0 Å². The standard InChI is InChI=1S/C27H35N7O/c1-3-5-7-8-9-13-25-30-34(18-6-4-2)27(35)33(25)20-21-14-16-22(17-15-21)23-11-10-12-24(19-23)26-28-31-32-29-26/h10-12,14-17,19H,3-9,13,18,20H2,1-2H3,(H,28,29,31,32). The molecule has 4 aromatic rings. The van der Waals surface area contributed by atoms with Gasteiger partial charge >= 0.3 is 5.69 Å². The Balaban J connectivity index is 1.50. The summed E-state index contributed by atoms with van der Waals surface area (Å²) in [5, 5.41) is 19.0. The lowest BCUT2D eigenvalue weighted by Gasteiger charge is -2.08. The largest absolute Gasteiger partial charge is 0.346 e. The molecule has 0 spiro atoms. The summed E-state index contributed by atoms with van der Waals surface area (Å²) in [7, 11) is 0. The summed E-state index contributed by atoms with van der Waals surface area (Å²) in [5.41, 5.74) is 4.18. The first-order chi connectivity index (χ1) is 17.2. The quantitative estimate of drug-likeness (QED) is 0.268. The molecule has 184 valence electrons. The predicted octanol–water partition coefficient (Wildman–Crippen LogP) is 5.25. The lowest BCUT2D eigenvalue weighted by atomic mass is 10.0. The Morgan fingerprint density at radius 2 is 1.63 bits per heavy atom. The van der Waals surface area contributed by atoms with Gasteiger partial charge in [-0.15, -0.1) is 10.2 Å². The fourth-order valence-electron chi connectivity index (χ4n) is 4.28. The van der Waals surface area contributed by atoms with Crippen molar-refractivity contribution in [3.05, 3.63) is 70.4 Å². The van der Waals surface area contributed by atoms with Crippen LogP contribution in [0.2, 0.25) is 0 Å². The number of rotatable bonds is 13. The molecular formula is C27H35N7O. The molecule has 0 aliphatic rings. The molecule has 0 bridgehead atoms. The van der Waals surface area contributed by atoms with Gasteiger partial charge in [0, 0.05) is 18.5 Å². The number of unbranched alkanes of at least 4 members (excludes halogenated alkanes) is 5. The first-order valence-electron chi connectivity index (χ1n) is 12.8. The Morgan fingerprint density at radius 1 is 0.857 bits per heavy atom. The van der Waals surface area contributed by atoms with Gasteiger partial charge in [-0.25, -0.2) is 9.48 Å². The van der Waals surface area contributed by atoms with Crippen LogP contribution in [0, 0.1) is 0 Å². The minimum Gasteiger partial charge on any atom is -0.274 e. The van der Waals surface area contributed by atoms with E-state index in [4.69, 9.17) is 5.10 Å². The van der Waals surface area contributed by atoms with Crippen molar-refractivity contribution in [1.82, 2.24) is 35.0 Å². The number of hydrogen-bond donors (Lipinski definition) is 1. The highest BCUT2D eigenvalue weighted by Crippen LogP contribution is 2.24. The van der Waals surface area contributed by atoms with Gasteiger partial charge in [0.15, 0.2) is 0 Å². The van der Waals surface area contributed by atoms with Gasteiger partial charge in [-0.2, -0.15) is 10.3 Å². The average molecular weight is 474 g/mol. The Labute approximate surface area is 206 Å². The number of nitrogens with one attached hydrogen (secondary N) is 1. The van der Waals surface area contributed by atoms with Crippen LogP contribution in [0.15, 0.2) is 53.3 Å². The van der Waals surface area contributed by atoms with Crippen LogP contribution in [0.5, 0.6) is 0 Å². The third kappa shape index (κ3) is 6.32. The van der Waals surface area contributed by atoms with Gasteiger partial charge in [0.1, 0.15) is 5.82 Å². The molecule has 0 amide bonds. The summed E-state index contributed by atoms with van der Waals surface area (Å²) in [6.07, 6.45) is 8.84. The average Bonchev–Trinajstić information content (AvgIpc) is 3.53. The molecule has 8 nitrogen and oxygen atoms in total. The molecule has 4 rings (SSSR count). The van der Waals surface area contributed by atoms with Crippen molar-refractivity contribution in [2.24, 2.45) is 0 Å². The maximum Gasteiger partial charge on any atom is 0.346 e. The van der Waals surface area contributed by atoms with E-state index in [0.29, 0.717) is 18.9 Å². The summed E-state index contributed by atoms with van der Waals surface area (Å²) in [6.45, 7) is 5.58. The molecule has 35 heavy (non-hydrogen) atoms. The molecule has 0 aliphatic carbocycles.